The highest BCUT2D eigenvalue weighted by molar-refractivity contribution is 5.89. The normalized spacial score (nSPS) is 13.2. The van der Waals surface area contributed by atoms with Crippen molar-refractivity contribution in [3.63, 3.8) is 0 Å². The van der Waals surface area contributed by atoms with Gasteiger partial charge in [-0.1, -0.05) is 18.2 Å². The molecule has 5 nitrogen and oxygen atoms in total. The van der Waals surface area contributed by atoms with Crippen LogP contribution in [0.3, 0.4) is 0 Å². The highest BCUT2D eigenvalue weighted by Crippen LogP contribution is 2.16. The van der Waals surface area contributed by atoms with Crippen LogP contribution in [-0.4, -0.2) is 12.2 Å². The number of carbonyl (C=O) groups is 1. The third-order valence-electron chi connectivity index (χ3n) is 1.91. The van der Waals surface area contributed by atoms with Crippen LogP contribution in [0.15, 0.2) is 41.3 Å². The Kier molecular flexibility index (Phi) is 2.37. The van der Waals surface area contributed by atoms with Crippen LogP contribution in [-0.2, 0) is 0 Å². The molecular weight excluding hydrogens is 192 g/mol. The van der Waals surface area contributed by atoms with Crippen molar-refractivity contribution in [2.45, 2.75) is 0 Å². The number of nitrogens with two attached hydrogens (primary N) is 1. The van der Waals surface area contributed by atoms with Gasteiger partial charge in [-0.25, -0.2) is 4.79 Å². The summed E-state index contributed by atoms with van der Waals surface area (Å²) < 4.78 is 0. The summed E-state index contributed by atoms with van der Waals surface area (Å²) in [6.45, 7) is 0. The average molecular weight is 202 g/mol. The maximum Gasteiger partial charge on any atom is 0.317 e. The summed E-state index contributed by atoms with van der Waals surface area (Å²) in [7, 11) is 0. The van der Waals surface area contributed by atoms with Gasteiger partial charge in [-0.3, -0.25) is 10.3 Å². The van der Waals surface area contributed by atoms with Crippen molar-refractivity contribution in [3.05, 3.63) is 41.8 Å². The number of hydrogen-bond donors (Lipinski definition) is 3. The molecular formula is C10H10N4O. The Balaban J connectivity index is 2.27. The summed E-state index contributed by atoms with van der Waals surface area (Å²) in [5.74, 6) is 0.462. The molecule has 4 N–H and O–H groups in total. The van der Waals surface area contributed by atoms with Crippen molar-refractivity contribution in [3.8, 4) is 0 Å². The predicted molar refractivity (Wildman–Crippen MR) is 58.5 cm³/mol. The van der Waals surface area contributed by atoms with Gasteiger partial charge in [-0.2, -0.15) is 0 Å². The van der Waals surface area contributed by atoms with E-state index >= 15 is 0 Å². The summed E-state index contributed by atoms with van der Waals surface area (Å²) in [5.41, 5.74) is 6.84. The number of primary amides is 1. The third-order valence-corrected chi connectivity index (χ3v) is 1.91. The topological polar surface area (TPSA) is 79.5 Å². The van der Waals surface area contributed by atoms with Crippen LogP contribution in [0.25, 0.3) is 0 Å². The first-order chi connectivity index (χ1) is 7.25. The minimum absolute atomic E-state index is 0.462. The number of urea groups is 1. The fourth-order valence-electron chi connectivity index (χ4n) is 1.29. The summed E-state index contributed by atoms with van der Waals surface area (Å²) in [6, 6.07) is 7.01. The number of nitrogens with one attached hydrogen (secondary N) is 2. The molecule has 2 amide bonds. The minimum Gasteiger partial charge on any atom is -0.351 e. The van der Waals surface area contributed by atoms with Crippen LogP contribution in [0.4, 0.5) is 10.5 Å². The third kappa shape index (κ3) is 2.14. The lowest BCUT2D eigenvalue weighted by Gasteiger charge is -2.09. The van der Waals surface area contributed by atoms with E-state index in [9.17, 15) is 4.79 Å². The highest BCUT2D eigenvalue weighted by atomic mass is 16.2. The lowest BCUT2D eigenvalue weighted by Crippen LogP contribution is -2.31. The van der Waals surface area contributed by atoms with Crippen LogP contribution in [0, 0.1) is 0 Å². The summed E-state index contributed by atoms with van der Waals surface area (Å²) in [4.78, 5) is 14.7. The van der Waals surface area contributed by atoms with Gasteiger partial charge < -0.3 is 11.1 Å². The first-order valence-corrected chi connectivity index (χ1v) is 4.41. The van der Waals surface area contributed by atoms with E-state index in [-0.39, 0.29) is 0 Å². The van der Waals surface area contributed by atoms with Crippen molar-refractivity contribution in [1.82, 2.24) is 5.32 Å². The van der Waals surface area contributed by atoms with E-state index in [4.69, 9.17) is 5.73 Å². The Labute approximate surface area is 86.7 Å². The van der Waals surface area contributed by atoms with Crippen LogP contribution in [0.2, 0.25) is 0 Å². The molecule has 1 aliphatic heterocycles. The van der Waals surface area contributed by atoms with E-state index in [2.05, 4.69) is 15.6 Å². The second-order valence-electron chi connectivity index (χ2n) is 3.02. The summed E-state index contributed by atoms with van der Waals surface area (Å²) in [6.07, 6.45) is 3.21. The van der Waals surface area contributed by atoms with E-state index in [0.717, 1.165) is 11.3 Å². The molecule has 2 rings (SSSR count). The molecule has 1 aromatic rings. The van der Waals surface area contributed by atoms with Crippen LogP contribution in [0.1, 0.15) is 5.56 Å². The number of amides is 2. The molecule has 0 bridgehead atoms. The zero-order valence-corrected chi connectivity index (χ0v) is 7.90. The van der Waals surface area contributed by atoms with Gasteiger partial charge in [-0.15, -0.1) is 0 Å². The molecule has 15 heavy (non-hydrogen) atoms. The van der Waals surface area contributed by atoms with Gasteiger partial charge in [0.05, 0.1) is 6.20 Å². The molecule has 0 fully saturated rings. The number of para-hydroxylation sites is 1. The van der Waals surface area contributed by atoms with Gasteiger partial charge in [0.15, 0.2) is 0 Å². The number of rotatable bonds is 1. The van der Waals surface area contributed by atoms with E-state index in [1.54, 1.807) is 6.21 Å². The average Bonchev–Trinajstić information content (AvgIpc) is 2.38. The van der Waals surface area contributed by atoms with Gasteiger partial charge in [0, 0.05) is 17.5 Å². The first kappa shape index (κ1) is 9.26. The van der Waals surface area contributed by atoms with E-state index in [0.29, 0.717) is 5.82 Å². The smallest absolute Gasteiger partial charge is 0.317 e. The molecule has 0 saturated carbocycles. The van der Waals surface area contributed by atoms with Crippen molar-refractivity contribution in [1.29, 1.82) is 0 Å². The number of benzene rings is 1. The predicted octanol–water partition coefficient (Wildman–Crippen LogP) is 0.998. The van der Waals surface area contributed by atoms with Gasteiger partial charge in [0.1, 0.15) is 5.82 Å². The van der Waals surface area contributed by atoms with Crippen molar-refractivity contribution in [2.24, 2.45) is 10.7 Å². The van der Waals surface area contributed by atoms with Crippen molar-refractivity contribution < 1.29 is 4.79 Å². The Hall–Kier alpha value is -2.30. The Bertz CT molecular complexity index is 450. The Morgan fingerprint density at radius 2 is 2.20 bits per heavy atom. The van der Waals surface area contributed by atoms with Gasteiger partial charge in [-0.05, 0) is 6.07 Å². The van der Waals surface area contributed by atoms with Crippen molar-refractivity contribution >= 4 is 17.9 Å². The monoisotopic (exact) mass is 202 g/mol. The molecule has 0 aromatic heterocycles. The molecule has 0 aliphatic carbocycles. The molecule has 0 atom stereocenters. The molecule has 1 heterocycles. The standard InChI is InChI=1S/C10H10N4O/c11-10(15)14-9-6-12-5-7-3-1-2-4-8(7)13-9/h1-6,13H,(H3,11,14,15). The quantitative estimate of drug-likeness (QED) is 0.635. The molecule has 1 aliphatic rings. The number of aliphatic imine (C=N–C) groups is 1. The van der Waals surface area contributed by atoms with Crippen LogP contribution in [0.5, 0.6) is 0 Å². The Morgan fingerprint density at radius 3 is 3.00 bits per heavy atom. The number of hydrogen-bond acceptors (Lipinski definition) is 3. The first-order valence-electron chi connectivity index (χ1n) is 4.41. The van der Waals surface area contributed by atoms with Gasteiger partial charge in [0.2, 0.25) is 0 Å². The van der Waals surface area contributed by atoms with E-state index in [1.165, 1.54) is 6.20 Å². The van der Waals surface area contributed by atoms with E-state index < -0.39 is 6.03 Å². The zero-order chi connectivity index (χ0) is 10.7. The maximum absolute atomic E-state index is 10.7. The lowest BCUT2D eigenvalue weighted by molar-refractivity contribution is 0.251. The molecule has 1 aromatic carbocycles. The Morgan fingerprint density at radius 1 is 1.40 bits per heavy atom. The SMILES string of the molecule is NC(=O)NC1=CN=Cc2ccccc2N1. The van der Waals surface area contributed by atoms with Crippen LogP contribution >= 0.6 is 0 Å². The molecule has 0 saturated heterocycles. The van der Waals surface area contributed by atoms with Gasteiger partial charge >= 0.3 is 6.03 Å². The maximum atomic E-state index is 10.7. The van der Waals surface area contributed by atoms with Gasteiger partial charge in [0.25, 0.3) is 0 Å². The van der Waals surface area contributed by atoms with Crippen molar-refractivity contribution in [2.75, 3.05) is 5.32 Å². The fourth-order valence-corrected chi connectivity index (χ4v) is 1.29. The molecule has 5 heteroatoms. The molecule has 76 valence electrons. The molecule has 0 radical (unpaired) electrons. The number of nitrogens with zero attached hydrogens (tertiary/aromatic N) is 1. The number of carbonyl (C=O) groups excluding carboxylic acids is 1. The number of anilines is 1. The summed E-state index contributed by atoms with van der Waals surface area (Å²) in [5, 5.41) is 5.45. The lowest BCUT2D eigenvalue weighted by atomic mass is 10.2. The van der Waals surface area contributed by atoms with E-state index in [1.807, 2.05) is 24.3 Å². The largest absolute Gasteiger partial charge is 0.351 e. The minimum atomic E-state index is -0.622. The second-order valence-corrected chi connectivity index (χ2v) is 3.02. The highest BCUT2D eigenvalue weighted by Gasteiger charge is 2.06. The molecule has 0 spiro atoms. The fraction of sp³-hybridized carbons (Fsp3) is 0. The number of fused-ring (bicyclic) bond motifs is 1. The summed E-state index contributed by atoms with van der Waals surface area (Å²) >= 11 is 0. The molecule has 0 unspecified atom stereocenters. The second kappa shape index (κ2) is 3.83. The zero-order valence-electron chi connectivity index (χ0n) is 7.90. The van der Waals surface area contributed by atoms with Crippen LogP contribution < -0.4 is 16.4 Å².